The van der Waals surface area contributed by atoms with Gasteiger partial charge in [-0.2, -0.15) is 0 Å². The van der Waals surface area contributed by atoms with Gasteiger partial charge in [-0.3, -0.25) is 0 Å². The van der Waals surface area contributed by atoms with Crippen molar-refractivity contribution in [2.45, 2.75) is 31.9 Å². The lowest BCUT2D eigenvalue weighted by atomic mass is 10.1. The van der Waals surface area contributed by atoms with Crippen LogP contribution in [0.5, 0.6) is 5.75 Å². The monoisotopic (exact) mass is 297 g/mol. The molecular formula is C15H23NO3S. The Morgan fingerprint density at radius 3 is 2.60 bits per heavy atom. The molecular weight excluding hydrogens is 274 g/mol. The van der Waals surface area contributed by atoms with Crippen LogP contribution in [-0.4, -0.2) is 28.3 Å². The minimum atomic E-state index is -3.02. The third-order valence-electron chi connectivity index (χ3n) is 3.84. The van der Waals surface area contributed by atoms with Crippen LogP contribution in [0.3, 0.4) is 0 Å². The molecule has 112 valence electrons. The summed E-state index contributed by atoms with van der Waals surface area (Å²) in [6.07, 6.45) is 5.03. The van der Waals surface area contributed by atoms with Crippen molar-refractivity contribution in [3.8, 4) is 5.75 Å². The van der Waals surface area contributed by atoms with Crippen molar-refractivity contribution >= 4 is 15.5 Å². The van der Waals surface area contributed by atoms with Gasteiger partial charge in [-0.15, -0.1) is 0 Å². The zero-order valence-corrected chi connectivity index (χ0v) is 13.2. The van der Waals surface area contributed by atoms with Gasteiger partial charge in [0.1, 0.15) is 5.75 Å². The Balaban J connectivity index is 2.01. The second kappa shape index (κ2) is 5.64. The van der Waals surface area contributed by atoms with Crippen LogP contribution in [0, 0.1) is 5.41 Å². The number of methoxy groups -OCH3 is 1. The average Bonchev–Trinajstić information content (AvgIpc) is 3.07. The average molecular weight is 297 g/mol. The van der Waals surface area contributed by atoms with E-state index in [1.165, 1.54) is 19.1 Å². The highest BCUT2D eigenvalue weighted by atomic mass is 32.2. The summed E-state index contributed by atoms with van der Waals surface area (Å²) >= 11 is 0. The SMILES string of the molecule is COc1cc(CS(C)(=O)=O)ccc1NCCC1(C)CC1. The van der Waals surface area contributed by atoms with E-state index in [0.29, 0.717) is 11.2 Å². The second-order valence-electron chi connectivity index (χ2n) is 6.09. The van der Waals surface area contributed by atoms with Crippen LogP contribution in [-0.2, 0) is 15.6 Å². The van der Waals surface area contributed by atoms with Crippen LogP contribution in [0.2, 0.25) is 0 Å². The Labute approximate surface area is 121 Å². The molecule has 4 nitrogen and oxygen atoms in total. The van der Waals surface area contributed by atoms with E-state index in [4.69, 9.17) is 4.74 Å². The van der Waals surface area contributed by atoms with Gasteiger partial charge in [0.05, 0.1) is 18.6 Å². The Bertz CT molecular complexity index is 577. The molecule has 0 bridgehead atoms. The first-order valence-corrected chi connectivity index (χ1v) is 8.96. The Hall–Kier alpha value is -1.23. The molecule has 0 radical (unpaired) electrons. The number of hydrogen-bond acceptors (Lipinski definition) is 4. The first-order valence-electron chi connectivity index (χ1n) is 6.90. The van der Waals surface area contributed by atoms with E-state index in [0.717, 1.165) is 24.2 Å². The molecule has 1 N–H and O–H groups in total. The van der Waals surface area contributed by atoms with Crippen LogP contribution >= 0.6 is 0 Å². The summed E-state index contributed by atoms with van der Waals surface area (Å²) in [5.74, 6) is 0.744. The molecule has 0 amide bonds. The number of rotatable bonds is 7. The van der Waals surface area contributed by atoms with Crippen LogP contribution in [0.4, 0.5) is 5.69 Å². The highest BCUT2D eigenvalue weighted by Crippen LogP contribution is 2.47. The van der Waals surface area contributed by atoms with Gasteiger partial charge in [0.25, 0.3) is 0 Å². The Morgan fingerprint density at radius 2 is 2.05 bits per heavy atom. The molecule has 0 heterocycles. The lowest BCUT2D eigenvalue weighted by Gasteiger charge is -2.14. The second-order valence-corrected chi connectivity index (χ2v) is 8.23. The topological polar surface area (TPSA) is 55.4 Å². The molecule has 20 heavy (non-hydrogen) atoms. The smallest absolute Gasteiger partial charge is 0.151 e. The van der Waals surface area contributed by atoms with E-state index >= 15 is 0 Å². The van der Waals surface area contributed by atoms with Gasteiger partial charge in [-0.25, -0.2) is 8.42 Å². The fourth-order valence-corrected chi connectivity index (χ4v) is 3.02. The lowest BCUT2D eigenvalue weighted by molar-refractivity contribution is 0.415. The van der Waals surface area contributed by atoms with E-state index in [1.807, 2.05) is 12.1 Å². The van der Waals surface area contributed by atoms with Gasteiger partial charge in [-0.05, 0) is 42.4 Å². The highest BCUT2D eigenvalue weighted by Gasteiger charge is 2.36. The van der Waals surface area contributed by atoms with E-state index < -0.39 is 9.84 Å². The van der Waals surface area contributed by atoms with Crippen LogP contribution in [0.1, 0.15) is 31.7 Å². The first-order chi connectivity index (χ1) is 9.31. The van der Waals surface area contributed by atoms with Crippen molar-refractivity contribution in [2.24, 2.45) is 5.41 Å². The minimum Gasteiger partial charge on any atom is -0.495 e. The molecule has 0 aliphatic heterocycles. The molecule has 0 unspecified atom stereocenters. The maximum absolute atomic E-state index is 11.3. The summed E-state index contributed by atoms with van der Waals surface area (Å²) in [5.41, 5.74) is 2.20. The summed E-state index contributed by atoms with van der Waals surface area (Å²) in [4.78, 5) is 0. The van der Waals surface area contributed by atoms with Crippen molar-refractivity contribution in [3.63, 3.8) is 0 Å². The predicted molar refractivity (Wildman–Crippen MR) is 82.0 cm³/mol. The molecule has 0 atom stereocenters. The molecule has 2 rings (SSSR count). The van der Waals surface area contributed by atoms with E-state index in [9.17, 15) is 8.42 Å². The molecule has 5 heteroatoms. The van der Waals surface area contributed by atoms with Gasteiger partial charge in [0.15, 0.2) is 9.84 Å². The van der Waals surface area contributed by atoms with Crippen LogP contribution < -0.4 is 10.1 Å². The fraction of sp³-hybridized carbons (Fsp3) is 0.600. The number of benzene rings is 1. The van der Waals surface area contributed by atoms with Crippen molar-refractivity contribution in [1.82, 2.24) is 0 Å². The van der Waals surface area contributed by atoms with Crippen LogP contribution in [0.25, 0.3) is 0 Å². The molecule has 1 aromatic rings. The third-order valence-corrected chi connectivity index (χ3v) is 4.70. The number of hydrogen-bond donors (Lipinski definition) is 1. The molecule has 0 saturated heterocycles. The molecule has 0 aromatic heterocycles. The van der Waals surface area contributed by atoms with Crippen molar-refractivity contribution < 1.29 is 13.2 Å². The summed E-state index contributed by atoms with van der Waals surface area (Å²) in [5, 5.41) is 3.38. The Morgan fingerprint density at radius 1 is 1.35 bits per heavy atom. The number of nitrogens with one attached hydrogen (secondary N) is 1. The normalized spacial score (nSPS) is 16.8. The largest absolute Gasteiger partial charge is 0.495 e. The number of anilines is 1. The van der Waals surface area contributed by atoms with Crippen molar-refractivity contribution in [1.29, 1.82) is 0 Å². The van der Waals surface area contributed by atoms with Crippen molar-refractivity contribution in [3.05, 3.63) is 23.8 Å². The zero-order chi connectivity index (χ0) is 14.8. The quantitative estimate of drug-likeness (QED) is 0.841. The van der Waals surface area contributed by atoms with Gasteiger partial charge < -0.3 is 10.1 Å². The number of ether oxygens (including phenoxy) is 1. The Kier molecular flexibility index (Phi) is 4.28. The molecule has 1 aliphatic carbocycles. The summed E-state index contributed by atoms with van der Waals surface area (Å²) in [6, 6.07) is 5.53. The lowest BCUT2D eigenvalue weighted by Crippen LogP contribution is -2.08. The van der Waals surface area contributed by atoms with Gasteiger partial charge >= 0.3 is 0 Å². The molecule has 1 saturated carbocycles. The van der Waals surface area contributed by atoms with E-state index in [-0.39, 0.29) is 5.75 Å². The van der Waals surface area contributed by atoms with Gasteiger partial charge in [0, 0.05) is 12.8 Å². The molecule has 1 aliphatic rings. The van der Waals surface area contributed by atoms with Gasteiger partial charge in [-0.1, -0.05) is 13.0 Å². The molecule has 0 spiro atoms. The predicted octanol–water partition coefficient (Wildman–Crippen LogP) is 2.84. The minimum absolute atomic E-state index is 0.0434. The zero-order valence-electron chi connectivity index (χ0n) is 12.4. The maximum atomic E-state index is 11.3. The van der Waals surface area contributed by atoms with E-state index in [1.54, 1.807) is 13.2 Å². The molecule has 1 aromatic carbocycles. The number of sulfone groups is 1. The first kappa shape index (κ1) is 15.2. The standard InChI is InChI=1S/C15H23NO3S/c1-15(6-7-15)8-9-16-13-5-4-12(10-14(13)19-2)11-20(3,17)18/h4-5,10,16H,6-9,11H2,1-3H3. The van der Waals surface area contributed by atoms with Crippen LogP contribution in [0.15, 0.2) is 18.2 Å². The summed E-state index contributed by atoms with van der Waals surface area (Å²) in [6.45, 7) is 3.22. The fourth-order valence-electron chi connectivity index (χ4n) is 2.24. The summed E-state index contributed by atoms with van der Waals surface area (Å²) < 4.78 is 28.0. The highest BCUT2D eigenvalue weighted by molar-refractivity contribution is 7.89. The van der Waals surface area contributed by atoms with Crippen molar-refractivity contribution in [2.75, 3.05) is 25.2 Å². The maximum Gasteiger partial charge on any atom is 0.151 e. The summed E-state index contributed by atoms with van der Waals surface area (Å²) in [7, 11) is -1.41. The third kappa shape index (κ3) is 4.40. The van der Waals surface area contributed by atoms with E-state index in [2.05, 4.69) is 12.2 Å². The van der Waals surface area contributed by atoms with Gasteiger partial charge in [0.2, 0.25) is 0 Å². The molecule has 1 fully saturated rings.